The first-order valence-electron chi connectivity index (χ1n) is 6.76. The molecule has 0 saturated carbocycles. The van der Waals surface area contributed by atoms with Gasteiger partial charge in [-0.1, -0.05) is 6.08 Å². The third kappa shape index (κ3) is 4.97. The number of carboxylic acids is 1. The second kappa shape index (κ2) is 7.07. The van der Waals surface area contributed by atoms with Gasteiger partial charge in [-0.25, -0.2) is 5.01 Å². The van der Waals surface area contributed by atoms with Crippen LogP contribution >= 0.6 is 0 Å². The summed E-state index contributed by atoms with van der Waals surface area (Å²) in [5.41, 5.74) is 2.61. The number of anilines is 1. The highest BCUT2D eigenvalue weighted by Crippen LogP contribution is 2.28. The summed E-state index contributed by atoms with van der Waals surface area (Å²) in [6.07, 6.45) is 2.86. The first-order chi connectivity index (χ1) is 11.5. The Labute approximate surface area is 143 Å². The summed E-state index contributed by atoms with van der Waals surface area (Å²) in [6, 6.07) is 2.65. The van der Waals surface area contributed by atoms with Crippen molar-refractivity contribution < 1.29 is 35.8 Å². The second-order valence-electron chi connectivity index (χ2n) is 5.02. The summed E-state index contributed by atoms with van der Waals surface area (Å²) in [4.78, 5) is 9.18. The molecule has 25 heavy (non-hydrogen) atoms. The lowest BCUT2D eigenvalue weighted by molar-refractivity contribution is -0.137. The van der Waals surface area contributed by atoms with Gasteiger partial charge in [-0.3, -0.25) is 18.9 Å². The van der Waals surface area contributed by atoms with Crippen LogP contribution in [0.4, 0.5) is 5.69 Å². The van der Waals surface area contributed by atoms with E-state index in [4.69, 9.17) is 9.66 Å². The van der Waals surface area contributed by atoms with Gasteiger partial charge >= 0.3 is 5.97 Å². The Morgan fingerprint density at radius 2 is 1.84 bits per heavy atom. The SMILES string of the molecule is O=C(O)CCN1CC=CN(c2ccc(S(=O)(=O)O)cc2S(=O)(=O)O)N1. The van der Waals surface area contributed by atoms with E-state index < -0.39 is 36.0 Å². The highest BCUT2D eigenvalue weighted by atomic mass is 32.2. The van der Waals surface area contributed by atoms with E-state index in [-0.39, 0.29) is 18.7 Å². The molecule has 0 aliphatic carbocycles. The van der Waals surface area contributed by atoms with Gasteiger partial charge in [0.2, 0.25) is 0 Å². The second-order valence-corrected chi connectivity index (χ2v) is 7.84. The number of nitrogens with zero attached hydrogens (tertiary/aromatic N) is 2. The van der Waals surface area contributed by atoms with E-state index in [0.29, 0.717) is 12.6 Å². The maximum atomic E-state index is 11.6. The number of aliphatic carboxylic acids is 1. The maximum absolute atomic E-state index is 11.6. The molecular formula is C12H15N3O8S2. The third-order valence-electron chi connectivity index (χ3n) is 3.19. The van der Waals surface area contributed by atoms with Crippen LogP contribution in [0, 0.1) is 0 Å². The number of hydrogen-bond donors (Lipinski definition) is 4. The molecule has 1 aromatic rings. The van der Waals surface area contributed by atoms with Crippen molar-refractivity contribution in [1.82, 2.24) is 10.5 Å². The van der Waals surface area contributed by atoms with Gasteiger partial charge in [0, 0.05) is 19.3 Å². The molecule has 1 aliphatic rings. The zero-order chi connectivity index (χ0) is 18.8. The quantitative estimate of drug-likeness (QED) is 0.469. The largest absolute Gasteiger partial charge is 0.481 e. The third-order valence-corrected chi connectivity index (χ3v) is 4.92. The number of carboxylic acid groups (broad SMARTS) is 1. The summed E-state index contributed by atoms with van der Waals surface area (Å²) < 4.78 is 63.9. The fourth-order valence-electron chi connectivity index (χ4n) is 2.07. The maximum Gasteiger partial charge on any atom is 0.304 e. The first kappa shape index (κ1) is 19.3. The highest BCUT2D eigenvalue weighted by molar-refractivity contribution is 7.86. The normalized spacial score (nSPS) is 16.2. The van der Waals surface area contributed by atoms with Crippen molar-refractivity contribution in [2.24, 2.45) is 0 Å². The number of nitrogens with one attached hydrogen (secondary N) is 1. The van der Waals surface area contributed by atoms with Gasteiger partial charge in [0.05, 0.1) is 17.0 Å². The van der Waals surface area contributed by atoms with Crippen molar-refractivity contribution in [2.75, 3.05) is 18.1 Å². The van der Waals surface area contributed by atoms with Crippen LogP contribution in [0.3, 0.4) is 0 Å². The summed E-state index contributed by atoms with van der Waals surface area (Å²) in [6.45, 7) is 0.453. The lowest BCUT2D eigenvalue weighted by Gasteiger charge is -2.33. The first-order valence-corrected chi connectivity index (χ1v) is 9.64. The van der Waals surface area contributed by atoms with E-state index >= 15 is 0 Å². The lowest BCUT2D eigenvalue weighted by atomic mass is 10.3. The van der Waals surface area contributed by atoms with Gasteiger partial charge in [0.15, 0.2) is 0 Å². The van der Waals surface area contributed by atoms with Crippen LogP contribution in [0.25, 0.3) is 0 Å². The summed E-state index contributed by atoms with van der Waals surface area (Å²) in [7, 11) is -9.48. The molecule has 0 spiro atoms. The summed E-state index contributed by atoms with van der Waals surface area (Å²) in [5, 5.41) is 11.3. The Morgan fingerprint density at radius 3 is 2.40 bits per heavy atom. The minimum atomic E-state index is -4.81. The van der Waals surface area contributed by atoms with E-state index in [1.165, 1.54) is 16.2 Å². The predicted molar refractivity (Wildman–Crippen MR) is 84.7 cm³/mol. The van der Waals surface area contributed by atoms with Gasteiger partial charge in [0.1, 0.15) is 4.90 Å². The molecule has 2 rings (SSSR count). The summed E-state index contributed by atoms with van der Waals surface area (Å²) in [5.74, 6) is -1.01. The molecule has 4 N–H and O–H groups in total. The van der Waals surface area contributed by atoms with E-state index in [2.05, 4.69) is 5.53 Å². The van der Waals surface area contributed by atoms with E-state index in [0.717, 1.165) is 12.1 Å². The van der Waals surface area contributed by atoms with E-state index in [1.54, 1.807) is 6.08 Å². The molecule has 11 nitrogen and oxygen atoms in total. The average molecular weight is 393 g/mol. The molecule has 0 unspecified atom stereocenters. The van der Waals surface area contributed by atoms with Crippen LogP contribution < -0.4 is 10.5 Å². The fraction of sp³-hybridized carbons (Fsp3) is 0.250. The molecule has 138 valence electrons. The number of carbonyl (C=O) groups is 1. The Kier molecular flexibility index (Phi) is 5.46. The van der Waals surface area contributed by atoms with Crippen LogP contribution in [0.15, 0.2) is 40.3 Å². The van der Waals surface area contributed by atoms with Crippen molar-refractivity contribution in [3.05, 3.63) is 30.5 Å². The molecule has 1 aliphatic heterocycles. The van der Waals surface area contributed by atoms with E-state index in [9.17, 15) is 26.2 Å². The van der Waals surface area contributed by atoms with Crippen molar-refractivity contribution in [1.29, 1.82) is 0 Å². The smallest absolute Gasteiger partial charge is 0.304 e. The van der Waals surface area contributed by atoms with E-state index in [1.807, 2.05) is 0 Å². The molecule has 13 heteroatoms. The predicted octanol–water partition coefficient (Wildman–Crippen LogP) is -0.290. The molecule has 0 bridgehead atoms. The fourth-order valence-corrected chi connectivity index (χ4v) is 3.36. The van der Waals surface area contributed by atoms with Gasteiger partial charge < -0.3 is 5.11 Å². The van der Waals surface area contributed by atoms with Crippen LogP contribution in [0.5, 0.6) is 0 Å². The highest BCUT2D eigenvalue weighted by Gasteiger charge is 2.25. The van der Waals surface area contributed by atoms with Crippen molar-refractivity contribution >= 4 is 31.9 Å². The average Bonchev–Trinajstić information content (AvgIpc) is 2.51. The number of benzene rings is 1. The molecule has 0 radical (unpaired) electrons. The van der Waals surface area contributed by atoms with Crippen LogP contribution in [0.2, 0.25) is 0 Å². The van der Waals surface area contributed by atoms with Crippen LogP contribution in [-0.4, -0.2) is 55.1 Å². The zero-order valence-electron chi connectivity index (χ0n) is 12.6. The Hall–Kier alpha value is -2.03. The van der Waals surface area contributed by atoms with Crippen molar-refractivity contribution in [2.45, 2.75) is 16.2 Å². The topological polar surface area (TPSA) is 165 Å². The number of hydrazine groups is 2. The molecule has 0 saturated heterocycles. The standard InChI is InChI=1S/C12H15N3O8S2/c16-12(17)4-7-14-5-1-6-15(13-14)10-3-2-9(24(18,19)20)8-11(10)25(21,22)23/h1-3,6,8,13H,4-5,7H2,(H,16,17)(H,18,19,20)(H,21,22,23). The van der Waals surface area contributed by atoms with Crippen molar-refractivity contribution in [3.63, 3.8) is 0 Å². The van der Waals surface area contributed by atoms with Crippen LogP contribution in [0.1, 0.15) is 6.42 Å². The molecule has 0 atom stereocenters. The number of hydrogen-bond acceptors (Lipinski definition) is 8. The van der Waals surface area contributed by atoms with Gasteiger partial charge in [-0.05, 0) is 18.2 Å². The monoisotopic (exact) mass is 393 g/mol. The van der Waals surface area contributed by atoms with Gasteiger partial charge in [0.25, 0.3) is 20.2 Å². The van der Waals surface area contributed by atoms with Gasteiger partial charge in [-0.15, -0.1) is 0 Å². The molecular weight excluding hydrogens is 378 g/mol. The molecule has 0 fully saturated rings. The molecule has 0 aromatic heterocycles. The molecule has 0 amide bonds. The zero-order valence-corrected chi connectivity index (χ0v) is 14.2. The minimum absolute atomic E-state index is 0.112. The Bertz CT molecular complexity index is 910. The molecule has 1 heterocycles. The number of rotatable bonds is 6. The Balaban J connectivity index is 2.40. The molecule has 1 aromatic carbocycles. The Morgan fingerprint density at radius 1 is 1.16 bits per heavy atom. The van der Waals surface area contributed by atoms with Gasteiger partial charge in [-0.2, -0.15) is 22.4 Å². The van der Waals surface area contributed by atoms with Crippen molar-refractivity contribution in [3.8, 4) is 0 Å². The summed E-state index contributed by atoms with van der Waals surface area (Å²) >= 11 is 0. The minimum Gasteiger partial charge on any atom is -0.481 e. The van der Waals surface area contributed by atoms with Crippen LogP contribution in [-0.2, 0) is 25.0 Å². The lowest BCUT2D eigenvalue weighted by Crippen LogP contribution is -2.51.